The van der Waals surface area contributed by atoms with Gasteiger partial charge in [0.05, 0.1) is 23.4 Å². The summed E-state index contributed by atoms with van der Waals surface area (Å²) in [5, 5.41) is 1.41. The van der Waals surface area contributed by atoms with Crippen molar-refractivity contribution in [3.63, 3.8) is 0 Å². The fourth-order valence-corrected chi connectivity index (χ4v) is 5.25. The maximum atomic E-state index is 13.6. The summed E-state index contributed by atoms with van der Waals surface area (Å²) in [6.07, 6.45) is 0. The zero-order valence-electron chi connectivity index (χ0n) is 17.6. The number of fused-ring (bicyclic) bond motifs is 1. The van der Waals surface area contributed by atoms with Crippen LogP contribution in [0, 0.1) is 20.8 Å². The van der Waals surface area contributed by atoms with Crippen LogP contribution in [0.4, 0.5) is 5.13 Å². The van der Waals surface area contributed by atoms with E-state index in [1.54, 1.807) is 0 Å². The largest absolute Gasteiger partial charge is 0.379 e. The SMILES string of the molecule is Cc1ccc(C(=O)N(CCN2CCOCC2)c2nc3c(C)cc(Cl)cc3s2)c(C)c1. The lowest BCUT2D eigenvalue weighted by atomic mass is 10.0. The molecule has 7 heteroatoms. The van der Waals surface area contributed by atoms with Gasteiger partial charge in [0.25, 0.3) is 5.91 Å². The Labute approximate surface area is 186 Å². The first-order valence-electron chi connectivity index (χ1n) is 10.2. The van der Waals surface area contributed by atoms with E-state index >= 15 is 0 Å². The fourth-order valence-electron chi connectivity index (χ4n) is 3.81. The predicted octanol–water partition coefficient (Wildman–Crippen LogP) is 4.85. The highest BCUT2D eigenvalue weighted by atomic mass is 35.5. The van der Waals surface area contributed by atoms with Crippen LogP contribution in [0.25, 0.3) is 10.2 Å². The number of hydrogen-bond acceptors (Lipinski definition) is 5. The Morgan fingerprint density at radius 3 is 2.67 bits per heavy atom. The molecule has 1 saturated heterocycles. The molecule has 0 spiro atoms. The fraction of sp³-hybridized carbons (Fsp3) is 0.391. The molecule has 2 aromatic carbocycles. The molecule has 2 heterocycles. The van der Waals surface area contributed by atoms with Crippen molar-refractivity contribution in [1.29, 1.82) is 0 Å². The van der Waals surface area contributed by atoms with E-state index in [2.05, 4.69) is 11.0 Å². The average Bonchev–Trinajstić information content (AvgIpc) is 3.13. The number of halogens is 1. The number of nitrogens with zero attached hydrogens (tertiary/aromatic N) is 3. The molecule has 1 aromatic heterocycles. The van der Waals surface area contributed by atoms with Gasteiger partial charge in [-0.15, -0.1) is 0 Å². The Hall–Kier alpha value is -1.99. The van der Waals surface area contributed by atoms with E-state index in [0.29, 0.717) is 16.7 Å². The second-order valence-corrected chi connectivity index (χ2v) is 9.24. The maximum Gasteiger partial charge on any atom is 0.260 e. The molecule has 3 aromatic rings. The van der Waals surface area contributed by atoms with E-state index in [-0.39, 0.29) is 5.91 Å². The molecule has 1 fully saturated rings. The Morgan fingerprint density at radius 1 is 1.17 bits per heavy atom. The Kier molecular flexibility index (Phi) is 6.39. The van der Waals surface area contributed by atoms with Gasteiger partial charge in [0, 0.05) is 36.8 Å². The number of anilines is 1. The van der Waals surface area contributed by atoms with Crippen LogP contribution in [-0.2, 0) is 4.74 Å². The number of carbonyl (C=O) groups excluding carboxylic acids is 1. The van der Waals surface area contributed by atoms with Gasteiger partial charge in [0.2, 0.25) is 0 Å². The van der Waals surface area contributed by atoms with Gasteiger partial charge in [-0.2, -0.15) is 0 Å². The van der Waals surface area contributed by atoms with E-state index in [4.69, 9.17) is 21.3 Å². The predicted molar refractivity (Wildman–Crippen MR) is 124 cm³/mol. The summed E-state index contributed by atoms with van der Waals surface area (Å²) in [5.74, 6) is -0.0106. The molecule has 5 nitrogen and oxygen atoms in total. The number of rotatable bonds is 5. The van der Waals surface area contributed by atoms with E-state index in [9.17, 15) is 4.79 Å². The van der Waals surface area contributed by atoms with Gasteiger partial charge in [0.1, 0.15) is 0 Å². The molecular formula is C23H26ClN3O2S. The molecule has 0 radical (unpaired) electrons. The van der Waals surface area contributed by atoms with Crippen molar-refractivity contribution in [2.45, 2.75) is 20.8 Å². The highest BCUT2D eigenvalue weighted by Crippen LogP contribution is 2.34. The van der Waals surface area contributed by atoms with Gasteiger partial charge in [0.15, 0.2) is 5.13 Å². The van der Waals surface area contributed by atoms with Crippen LogP contribution < -0.4 is 4.90 Å². The summed E-state index contributed by atoms with van der Waals surface area (Å²) < 4.78 is 6.45. The number of thiazole rings is 1. The number of aryl methyl sites for hydroxylation is 3. The monoisotopic (exact) mass is 443 g/mol. The molecule has 0 bridgehead atoms. The average molecular weight is 444 g/mol. The van der Waals surface area contributed by atoms with Gasteiger partial charge in [-0.05, 0) is 50.1 Å². The normalized spacial score (nSPS) is 14.9. The van der Waals surface area contributed by atoms with Gasteiger partial charge < -0.3 is 4.74 Å². The zero-order chi connectivity index (χ0) is 21.3. The van der Waals surface area contributed by atoms with Gasteiger partial charge in [-0.25, -0.2) is 4.98 Å². The Morgan fingerprint density at radius 2 is 1.93 bits per heavy atom. The minimum absolute atomic E-state index is 0.0106. The summed E-state index contributed by atoms with van der Waals surface area (Å²) in [6.45, 7) is 10.7. The van der Waals surface area contributed by atoms with Crippen LogP contribution in [0.1, 0.15) is 27.0 Å². The zero-order valence-corrected chi connectivity index (χ0v) is 19.1. The van der Waals surface area contributed by atoms with Crippen LogP contribution in [0.15, 0.2) is 30.3 Å². The van der Waals surface area contributed by atoms with Crippen molar-refractivity contribution in [2.75, 3.05) is 44.3 Å². The van der Waals surface area contributed by atoms with Crippen molar-refractivity contribution in [1.82, 2.24) is 9.88 Å². The van der Waals surface area contributed by atoms with Crippen LogP contribution >= 0.6 is 22.9 Å². The third-order valence-corrected chi connectivity index (χ3v) is 6.71. The number of amides is 1. The third kappa shape index (κ3) is 4.52. The van der Waals surface area contributed by atoms with Crippen molar-refractivity contribution in [3.8, 4) is 0 Å². The third-order valence-electron chi connectivity index (χ3n) is 5.47. The molecule has 158 valence electrons. The van der Waals surface area contributed by atoms with Crippen molar-refractivity contribution in [3.05, 3.63) is 57.6 Å². The Balaban J connectivity index is 1.69. The number of carbonyl (C=O) groups is 1. The number of aromatic nitrogens is 1. The highest BCUT2D eigenvalue weighted by Gasteiger charge is 2.24. The first kappa shape index (κ1) is 21.2. The molecular weight excluding hydrogens is 418 g/mol. The number of hydrogen-bond donors (Lipinski definition) is 0. The van der Waals surface area contributed by atoms with Crippen LogP contribution in [0.5, 0.6) is 0 Å². The van der Waals surface area contributed by atoms with E-state index in [1.807, 2.05) is 49.9 Å². The van der Waals surface area contributed by atoms with E-state index in [1.165, 1.54) is 11.3 Å². The molecule has 0 atom stereocenters. The highest BCUT2D eigenvalue weighted by molar-refractivity contribution is 7.22. The maximum absolute atomic E-state index is 13.6. The topological polar surface area (TPSA) is 45.7 Å². The second kappa shape index (κ2) is 9.02. The number of ether oxygens (including phenoxy) is 1. The smallest absolute Gasteiger partial charge is 0.260 e. The summed E-state index contributed by atoms with van der Waals surface area (Å²) >= 11 is 7.77. The van der Waals surface area contributed by atoms with Crippen molar-refractivity contribution >= 4 is 44.2 Å². The summed E-state index contributed by atoms with van der Waals surface area (Å²) in [6, 6.07) is 9.80. The van der Waals surface area contributed by atoms with Crippen LogP contribution in [-0.4, -0.2) is 55.2 Å². The van der Waals surface area contributed by atoms with Crippen LogP contribution in [0.3, 0.4) is 0 Å². The minimum Gasteiger partial charge on any atom is -0.379 e. The van der Waals surface area contributed by atoms with Gasteiger partial charge in [-0.1, -0.05) is 40.6 Å². The summed E-state index contributed by atoms with van der Waals surface area (Å²) in [7, 11) is 0. The molecule has 0 N–H and O–H groups in total. The number of benzene rings is 2. The first-order chi connectivity index (χ1) is 14.4. The lowest BCUT2D eigenvalue weighted by Crippen LogP contribution is -2.43. The summed E-state index contributed by atoms with van der Waals surface area (Å²) in [5.41, 5.74) is 4.78. The summed E-state index contributed by atoms with van der Waals surface area (Å²) in [4.78, 5) is 22.6. The van der Waals surface area contributed by atoms with Crippen LogP contribution in [0.2, 0.25) is 5.02 Å². The molecule has 0 saturated carbocycles. The first-order valence-corrected chi connectivity index (χ1v) is 11.4. The standard InChI is InChI=1S/C23H26ClN3O2S/c1-15-4-5-19(16(2)12-15)22(28)27(7-6-26-8-10-29-11-9-26)23-25-21-17(3)13-18(24)14-20(21)30-23/h4-5,12-14H,6-11H2,1-3H3. The minimum atomic E-state index is -0.0106. The lowest BCUT2D eigenvalue weighted by molar-refractivity contribution is 0.0391. The van der Waals surface area contributed by atoms with E-state index < -0.39 is 0 Å². The van der Waals surface area contributed by atoms with Gasteiger partial charge in [-0.3, -0.25) is 14.6 Å². The van der Waals surface area contributed by atoms with Crippen molar-refractivity contribution < 1.29 is 9.53 Å². The Bertz CT molecular complexity index is 1080. The molecule has 1 aliphatic rings. The quantitative estimate of drug-likeness (QED) is 0.565. The molecule has 30 heavy (non-hydrogen) atoms. The second-order valence-electron chi connectivity index (χ2n) is 7.80. The van der Waals surface area contributed by atoms with Gasteiger partial charge >= 0.3 is 0 Å². The molecule has 0 aliphatic carbocycles. The van der Waals surface area contributed by atoms with E-state index in [0.717, 1.165) is 65.3 Å². The molecule has 1 aliphatic heterocycles. The number of morpholine rings is 1. The molecule has 0 unspecified atom stereocenters. The molecule has 1 amide bonds. The van der Waals surface area contributed by atoms with Crippen molar-refractivity contribution in [2.24, 2.45) is 0 Å². The molecule has 4 rings (SSSR count). The lowest BCUT2D eigenvalue weighted by Gasteiger charge is -2.29.